The standard InChI is InChI=1S/C18H29NO3/c1-5-7-11-19(12-8-6-2)18(20)14-15-9-10-16(21-3)17(13-15)22-4/h9-10,13H,5-8,11-12,14H2,1-4H3. The van der Waals surface area contributed by atoms with E-state index >= 15 is 0 Å². The SMILES string of the molecule is CCCCN(CCCC)C(=O)Cc1ccc(OC)c(OC)c1. The molecule has 4 nitrogen and oxygen atoms in total. The van der Waals surface area contributed by atoms with Crippen LogP contribution in [0.2, 0.25) is 0 Å². The van der Waals surface area contributed by atoms with E-state index < -0.39 is 0 Å². The van der Waals surface area contributed by atoms with E-state index in [4.69, 9.17) is 9.47 Å². The third-order valence-electron chi connectivity index (χ3n) is 3.72. The zero-order valence-corrected chi connectivity index (χ0v) is 14.4. The summed E-state index contributed by atoms with van der Waals surface area (Å²) in [4.78, 5) is 14.5. The lowest BCUT2D eigenvalue weighted by molar-refractivity contribution is -0.130. The summed E-state index contributed by atoms with van der Waals surface area (Å²) in [7, 11) is 3.22. The molecule has 0 aliphatic rings. The maximum Gasteiger partial charge on any atom is 0.226 e. The molecule has 0 heterocycles. The molecule has 0 atom stereocenters. The van der Waals surface area contributed by atoms with Crippen LogP contribution in [0.25, 0.3) is 0 Å². The molecule has 0 aliphatic heterocycles. The van der Waals surface area contributed by atoms with E-state index in [-0.39, 0.29) is 5.91 Å². The molecule has 0 unspecified atom stereocenters. The molecule has 0 aromatic heterocycles. The Labute approximate surface area is 134 Å². The summed E-state index contributed by atoms with van der Waals surface area (Å²) >= 11 is 0. The summed E-state index contributed by atoms with van der Waals surface area (Å²) in [5.41, 5.74) is 0.959. The van der Waals surface area contributed by atoms with Crippen LogP contribution in [-0.2, 0) is 11.2 Å². The molecule has 1 rings (SSSR count). The summed E-state index contributed by atoms with van der Waals surface area (Å²) in [5.74, 6) is 1.54. The van der Waals surface area contributed by atoms with Crippen LogP contribution in [0, 0.1) is 0 Å². The first-order chi connectivity index (χ1) is 10.7. The second-order valence-electron chi connectivity index (χ2n) is 5.45. The third kappa shape index (κ3) is 5.58. The van der Waals surface area contributed by atoms with Crippen LogP contribution in [0.4, 0.5) is 0 Å². The fourth-order valence-electron chi connectivity index (χ4n) is 2.34. The number of hydrogen-bond donors (Lipinski definition) is 0. The lowest BCUT2D eigenvalue weighted by Gasteiger charge is -2.22. The van der Waals surface area contributed by atoms with Gasteiger partial charge in [-0.25, -0.2) is 0 Å². The van der Waals surface area contributed by atoms with Crippen LogP contribution < -0.4 is 9.47 Å². The highest BCUT2D eigenvalue weighted by Gasteiger charge is 2.14. The summed E-state index contributed by atoms with van der Waals surface area (Å²) < 4.78 is 10.5. The number of ether oxygens (including phenoxy) is 2. The van der Waals surface area contributed by atoms with E-state index in [0.29, 0.717) is 17.9 Å². The molecule has 0 saturated heterocycles. The average Bonchev–Trinajstić information content (AvgIpc) is 2.54. The second-order valence-corrected chi connectivity index (χ2v) is 5.45. The predicted molar refractivity (Wildman–Crippen MR) is 89.6 cm³/mol. The van der Waals surface area contributed by atoms with Crippen molar-refractivity contribution in [3.8, 4) is 11.5 Å². The zero-order chi connectivity index (χ0) is 16.4. The van der Waals surface area contributed by atoms with Gasteiger partial charge < -0.3 is 14.4 Å². The van der Waals surface area contributed by atoms with Gasteiger partial charge in [-0.3, -0.25) is 4.79 Å². The maximum absolute atomic E-state index is 12.5. The molecule has 124 valence electrons. The van der Waals surface area contributed by atoms with E-state index in [0.717, 1.165) is 44.3 Å². The summed E-state index contributed by atoms with van der Waals surface area (Å²) in [6, 6.07) is 5.66. The maximum atomic E-state index is 12.5. The molecular formula is C18H29NO3. The van der Waals surface area contributed by atoms with Gasteiger partial charge in [0.05, 0.1) is 20.6 Å². The van der Waals surface area contributed by atoms with Crippen molar-refractivity contribution in [2.75, 3.05) is 27.3 Å². The highest BCUT2D eigenvalue weighted by atomic mass is 16.5. The fourth-order valence-corrected chi connectivity index (χ4v) is 2.34. The number of carbonyl (C=O) groups is 1. The number of nitrogens with zero attached hydrogens (tertiary/aromatic N) is 1. The van der Waals surface area contributed by atoms with Crippen molar-refractivity contribution in [1.82, 2.24) is 4.90 Å². The monoisotopic (exact) mass is 307 g/mol. The Hall–Kier alpha value is -1.71. The number of carbonyl (C=O) groups excluding carboxylic acids is 1. The molecule has 0 spiro atoms. The minimum atomic E-state index is 0.189. The van der Waals surface area contributed by atoms with E-state index in [1.54, 1.807) is 14.2 Å². The Morgan fingerprint density at radius 2 is 1.59 bits per heavy atom. The molecule has 1 aromatic rings. The number of benzene rings is 1. The van der Waals surface area contributed by atoms with E-state index in [2.05, 4.69) is 13.8 Å². The van der Waals surface area contributed by atoms with Gasteiger partial charge in [0.2, 0.25) is 5.91 Å². The average molecular weight is 307 g/mol. The Morgan fingerprint density at radius 3 is 2.09 bits per heavy atom. The second kappa shape index (κ2) is 10.1. The van der Waals surface area contributed by atoms with Crippen LogP contribution in [-0.4, -0.2) is 38.1 Å². The number of amides is 1. The van der Waals surface area contributed by atoms with E-state index in [1.165, 1.54) is 0 Å². The highest BCUT2D eigenvalue weighted by molar-refractivity contribution is 5.79. The molecule has 0 N–H and O–H groups in total. The largest absolute Gasteiger partial charge is 0.493 e. The highest BCUT2D eigenvalue weighted by Crippen LogP contribution is 2.27. The number of methoxy groups -OCH3 is 2. The van der Waals surface area contributed by atoms with Gasteiger partial charge in [0.1, 0.15) is 0 Å². The Morgan fingerprint density at radius 1 is 1.00 bits per heavy atom. The molecule has 0 radical (unpaired) electrons. The Bertz CT molecular complexity index is 452. The van der Waals surface area contributed by atoms with Crippen LogP contribution in [0.3, 0.4) is 0 Å². The van der Waals surface area contributed by atoms with Gasteiger partial charge in [0, 0.05) is 13.1 Å². The topological polar surface area (TPSA) is 38.8 Å². The lowest BCUT2D eigenvalue weighted by Crippen LogP contribution is -2.34. The molecular weight excluding hydrogens is 278 g/mol. The fraction of sp³-hybridized carbons (Fsp3) is 0.611. The van der Waals surface area contributed by atoms with Gasteiger partial charge in [-0.05, 0) is 30.5 Å². The van der Waals surface area contributed by atoms with Crippen molar-refractivity contribution in [3.05, 3.63) is 23.8 Å². The third-order valence-corrected chi connectivity index (χ3v) is 3.72. The van der Waals surface area contributed by atoms with Crippen molar-refractivity contribution >= 4 is 5.91 Å². The summed E-state index contributed by atoms with van der Waals surface area (Å²) in [6.07, 6.45) is 4.73. The number of rotatable bonds is 10. The molecule has 22 heavy (non-hydrogen) atoms. The summed E-state index contributed by atoms with van der Waals surface area (Å²) in [6.45, 7) is 6.00. The van der Waals surface area contributed by atoms with Crippen LogP contribution in [0.15, 0.2) is 18.2 Å². The Balaban J connectivity index is 2.74. The van der Waals surface area contributed by atoms with E-state index in [9.17, 15) is 4.79 Å². The smallest absolute Gasteiger partial charge is 0.226 e. The minimum Gasteiger partial charge on any atom is -0.493 e. The number of hydrogen-bond acceptors (Lipinski definition) is 3. The van der Waals surface area contributed by atoms with Gasteiger partial charge in [-0.1, -0.05) is 32.8 Å². The molecule has 4 heteroatoms. The first kappa shape index (κ1) is 18.3. The van der Waals surface area contributed by atoms with Gasteiger partial charge in [-0.15, -0.1) is 0 Å². The number of unbranched alkanes of at least 4 members (excludes halogenated alkanes) is 2. The molecule has 0 bridgehead atoms. The first-order valence-electron chi connectivity index (χ1n) is 8.14. The normalized spacial score (nSPS) is 10.4. The zero-order valence-electron chi connectivity index (χ0n) is 14.4. The summed E-state index contributed by atoms with van der Waals surface area (Å²) in [5, 5.41) is 0. The van der Waals surface area contributed by atoms with Crippen molar-refractivity contribution in [3.63, 3.8) is 0 Å². The van der Waals surface area contributed by atoms with Crippen molar-refractivity contribution in [2.45, 2.75) is 46.0 Å². The van der Waals surface area contributed by atoms with Crippen molar-refractivity contribution in [2.24, 2.45) is 0 Å². The molecule has 0 aliphatic carbocycles. The molecule has 0 saturated carbocycles. The van der Waals surface area contributed by atoms with Gasteiger partial charge in [0.15, 0.2) is 11.5 Å². The van der Waals surface area contributed by atoms with Crippen molar-refractivity contribution < 1.29 is 14.3 Å². The van der Waals surface area contributed by atoms with Crippen LogP contribution in [0.5, 0.6) is 11.5 Å². The molecule has 1 amide bonds. The van der Waals surface area contributed by atoms with Crippen molar-refractivity contribution in [1.29, 1.82) is 0 Å². The molecule has 0 fully saturated rings. The Kier molecular flexibility index (Phi) is 8.41. The van der Waals surface area contributed by atoms with Crippen LogP contribution in [0.1, 0.15) is 45.1 Å². The first-order valence-corrected chi connectivity index (χ1v) is 8.14. The molecule has 1 aromatic carbocycles. The van der Waals surface area contributed by atoms with Gasteiger partial charge in [-0.2, -0.15) is 0 Å². The van der Waals surface area contributed by atoms with Crippen LogP contribution >= 0.6 is 0 Å². The predicted octanol–water partition coefficient (Wildman–Crippen LogP) is 3.68. The lowest BCUT2D eigenvalue weighted by atomic mass is 10.1. The van der Waals surface area contributed by atoms with Gasteiger partial charge in [0.25, 0.3) is 0 Å². The quantitative estimate of drug-likeness (QED) is 0.662. The van der Waals surface area contributed by atoms with Gasteiger partial charge >= 0.3 is 0 Å². The minimum absolute atomic E-state index is 0.189. The van der Waals surface area contributed by atoms with E-state index in [1.807, 2.05) is 23.1 Å².